The number of carboxylic acid groups (broad SMARTS) is 1. The lowest BCUT2D eigenvalue weighted by atomic mass is 10.1. The van der Waals surface area contributed by atoms with Crippen LogP contribution in [0.25, 0.3) is 0 Å². The highest BCUT2D eigenvalue weighted by molar-refractivity contribution is 5.73. The van der Waals surface area contributed by atoms with Gasteiger partial charge in [0.25, 0.3) is 0 Å². The summed E-state index contributed by atoms with van der Waals surface area (Å²) < 4.78 is 12.3. The summed E-state index contributed by atoms with van der Waals surface area (Å²) in [4.78, 5) is 10.6. The van der Waals surface area contributed by atoms with Gasteiger partial charge in [0.15, 0.2) is 0 Å². The Bertz CT molecular complexity index is 316. The van der Waals surface area contributed by atoms with Gasteiger partial charge in [0, 0.05) is 6.04 Å². The third-order valence-corrected chi connectivity index (χ3v) is 2.20. The van der Waals surface area contributed by atoms with Crippen molar-refractivity contribution >= 4 is 5.97 Å². The van der Waals surface area contributed by atoms with Crippen LogP contribution in [0, 0.1) is 0 Å². The Labute approximate surface area is 87.9 Å². The normalized spacial score (nSPS) is 14.5. The molecule has 0 aliphatic rings. The fraction of sp³-hybridized carbons (Fsp3) is 0.364. The van der Waals surface area contributed by atoms with E-state index in [9.17, 15) is 9.18 Å². The van der Waals surface area contributed by atoms with Crippen LogP contribution in [0.3, 0.4) is 0 Å². The van der Waals surface area contributed by atoms with E-state index in [-0.39, 0.29) is 6.04 Å². The third kappa shape index (κ3) is 3.32. The summed E-state index contributed by atoms with van der Waals surface area (Å²) in [6.45, 7) is 0.896. The van der Waals surface area contributed by atoms with Gasteiger partial charge in [-0.25, -0.2) is 4.39 Å². The topological polar surface area (TPSA) is 49.3 Å². The number of rotatable bonds is 5. The number of carbonyl (C=O) groups is 1. The quantitative estimate of drug-likeness (QED) is 0.780. The molecule has 4 heteroatoms. The Morgan fingerprint density at radius 1 is 1.47 bits per heavy atom. The van der Waals surface area contributed by atoms with Gasteiger partial charge in [0.1, 0.15) is 12.7 Å². The second-order valence-corrected chi connectivity index (χ2v) is 3.34. The molecule has 0 fully saturated rings. The molecule has 3 nitrogen and oxygen atoms in total. The molecule has 0 saturated carbocycles. The van der Waals surface area contributed by atoms with Gasteiger partial charge >= 0.3 is 5.97 Å². The summed E-state index contributed by atoms with van der Waals surface area (Å²) in [5, 5.41) is 11.4. The molecule has 15 heavy (non-hydrogen) atoms. The van der Waals surface area contributed by atoms with E-state index in [1.54, 1.807) is 6.92 Å². The van der Waals surface area contributed by atoms with Gasteiger partial charge in [-0.15, -0.1) is 0 Å². The number of hydrogen-bond donors (Lipinski definition) is 2. The number of carboxylic acids is 1. The lowest BCUT2D eigenvalue weighted by Crippen LogP contribution is -2.39. The zero-order valence-corrected chi connectivity index (χ0v) is 8.48. The Hall–Kier alpha value is -1.42. The standard InChI is InChI=1S/C11H14FNO2/c1-8(9-5-3-2-4-6-9)13-10(7-12)11(14)15/h2-6,8,10,13H,7H2,1H3,(H,14,15)/t8?,10-/m0/s1. The average Bonchev–Trinajstić information content (AvgIpc) is 2.26. The van der Waals surface area contributed by atoms with Gasteiger partial charge in [-0.2, -0.15) is 0 Å². The maximum Gasteiger partial charge on any atom is 0.323 e. The van der Waals surface area contributed by atoms with E-state index in [0.717, 1.165) is 5.56 Å². The van der Waals surface area contributed by atoms with E-state index in [2.05, 4.69) is 5.32 Å². The van der Waals surface area contributed by atoms with Gasteiger partial charge in [0.2, 0.25) is 0 Å². The Morgan fingerprint density at radius 3 is 2.53 bits per heavy atom. The monoisotopic (exact) mass is 211 g/mol. The van der Waals surface area contributed by atoms with Crippen molar-refractivity contribution in [1.29, 1.82) is 0 Å². The first-order valence-electron chi connectivity index (χ1n) is 4.75. The lowest BCUT2D eigenvalue weighted by molar-refractivity contribution is -0.140. The highest BCUT2D eigenvalue weighted by atomic mass is 19.1. The Morgan fingerprint density at radius 2 is 2.07 bits per heavy atom. The fourth-order valence-corrected chi connectivity index (χ4v) is 1.32. The van der Waals surface area contributed by atoms with Crippen molar-refractivity contribution in [2.45, 2.75) is 19.0 Å². The Kier molecular flexibility index (Phi) is 4.24. The van der Waals surface area contributed by atoms with E-state index >= 15 is 0 Å². The molecule has 0 bridgehead atoms. The van der Waals surface area contributed by atoms with E-state index in [1.807, 2.05) is 30.3 Å². The zero-order valence-electron chi connectivity index (χ0n) is 8.48. The average molecular weight is 211 g/mol. The number of alkyl halides is 1. The fourth-order valence-electron chi connectivity index (χ4n) is 1.32. The SMILES string of the molecule is CC(N[C@@H](CF)C(=O)O)c1ccccc1. The molecule has 1 unspecified atom stereocenters. The maximum atomic E-state index is 12.3. The first kappa shape index (κ1) is 11.7. The molecule has 2 N–H and O–H groups in total. The summed E-state index contributed by atoms with van der Waals surface area (Å²) in [7, 11) is 0. The van der Waals surface area contributed by atoms with E-state index in [1.165, 1.54) is 0 Å². The second-order valence-electron chi connectivity index (χ2n) is 3.34. The first-order chi connectivity index (χ1) is 7.15. The first-order valence-corrected chi connectivity index (χ1v) is 4.75. The van der Waals surface area contributed by atoms with Crippen molar-refractivity contribution in [3.63, 3.8) is 0 Å². The van der Waals surface area contributed by atoms with Crippen molar-refractivity contribution in [3.8, 4) is 0 Å². The molecule has 2 atom stereocenters. The van der Waals surface area contributed by atoms with Crippen LogP contribution in [-0.2, 0) is 4.79 Å². The van der Waals surface area contributed by atoms with Crippen molar-refractivity contribution in [3.05, 3.63) is 35.9 Å². The van der Waals surface area contributed by atoms with Gasteiger partial charge < -0.3 is 5.11 Å². The molecule has 1 aromatic carbocycles. The molecule has 0 aliphatic carbocycles. The summed E-state index contributed by atoms with van der Waals surface area (Å²) >= 11 is 0. The summed E-state index contributed by atoms with van der Waals surface area (Å²) in [5.74, 6) is -1.17. The Balaban J connectivity index is 2.62. The van der Waals surface area contributed by atoms with Crippen molar-refractivity contribution < 1.29 is 14.3 Å². The molecule has 0 saturated heterocycles. The molecule has 0 heterocycles. The van der Waals surface area contributed by atoms with Crippen molar-refractivity contribution in [1.82, 2.24) is 5.32 Å². The molecule has 0 aliphatic heterocycles. The van der Waals surface area contributed by atoms with Crippen LogP contribution in [-0.4, -0.2) is 23.8 Å². The van der Waals surface area contributed by atoms with E-state index in [0.29, 0.717) is 0 Å². The van der Waals surface area contributed by atoms with Crippen molar-refractivity contribution in [2.75, 3.05) is 6.67 Å². The predicted octanol–water partition coefficient (Wildman–Crippen LogP) is 1.76. The van der Waals surface area contributed by atoms with Gasteiger partial charge in [-0.1, -0.05) is 30.3 Å². The number of hydrogen-bond acceptors (Lipinski definition) is 2. The van der Waals surface area contributed by atoms with Crippen LogP contribution in [0.4, 0.5) is 4.39 Å². The number of nitrogens with one attached hydrogen (secondary N) is 1. The van der Waals surface area contributed by atoms with Gasteiger partial charge in [0.05, 0.1) is 0 Å². The smallest absolute Gasteiger partial charge is 0.323 e. The number of benzene rings is 1. The molecule has 0 aromatic heterocycles. The molecule has 82 valence electrons. The van der Waals surface area contributed by atoms with Crippen molar-refractivity contribution in [2.24, 2.45) is 0 Å². The predicted molar refractivity (Wildman–Crippen MR) is 55.4 cm³/mol. The second kappa shape index (κ2) is 5.46. The van der Waals surface area contributed by atoms with Crippen LogP contribution in [0.2, 0.25) is 0 Å². The van der Waals surface area contributed by atoms with Crippen LogP contribution in [0.1, 0.15) is 18.5 Å². The third-order valence-electron chi connectivity index (χ3n) is 2.20. The maximum absolute atomic E-state index is 12.3. The number of halogens is 1. The minimum Gasteiger partial charge on any atom is -0.480 e. The molecular formula is C11H14FNO2. The van der Waals surface area contributed by atoms with Crippen LogP contribution >= 0.6 is 0 Å². The van der Waals surface area contributed by atoms with Crippen LogP contribution < -0.4 is 5.32 Å². The minimum atomic E-state index is -1.17. The highest BCUT2D eigenvalue weighted by Crippen LogP contribution is 2.12. The summed E-state index contributed by atoms with van der Waals surface area (Å²) in [6, 6.07) is 8.02. The summed E-state index contributed by atoms with van der Waals surface area (Å²) in [6.07, 6.45) is 0. The molecule has 0 spiro atoms. The van der Waals surface area contributed by atoms with Crippen LogP contribution in [0.15, 0.2) is 30.3 Å². The van der Waals surface area contributed by atoms with Gasteiger partial charge in [-0.05, 0) is 12.5 Å². The highest BCUT2D eigenvalue weighted by Gasteiger charge is 2.19. The minimum absolute atomic E-state index is 0.178. The number of aliphatic carboxylic acids is 1. The largest absolute Gasteiger partial charge is 0.480 e. The zero-order chi connectivity index (χ0) is 11.3. The van der Waals surface area contributed by atoms with E-state index in [4.69, 9.17) is 5.11 Å². The molecular weight excluding hydrogens is 197 g/mol. The molecule has 1 aromatic rings. The van der Waals surface area contributed by atoms with E-state index < -0.39 is 18.7 Å². The lowest BCUT2D eigenvalue weighted by Gasteiger charge is -2.18. The van der Waals surface area contributed by atoms with Crippen LogP contribution in [0.5, 0.6) is 0 Å². The van der Waals surface area contributed by atoms with Gasteiger partial charge in [-0.3, -0.25) is 10.1 Å². The molecule has 1 rings (SSSR count). The molecule has 0 amide bonds. The molecule has 0 radical (unpaired) electrons. The summed E-state index contributed by atoms with van der Waals surface area (Å²) in [5.41, 5.74) is 0.942.